The lowest BCUT2D eigenvalue weighted by Gasteiger charge is -2.06. The zero-order valence-corrected chi connectivity index (χ0v) is 10.8. The average Bonchev–Trinajstić information content (AvgIpc) is 2.48. The fourth-order valence-electron chi connectivity index (χ4n) is 1.68. The number of hydrogen-bond donors (Lipinski definition) is 1. The molecule has 1 N–H and O–H groups in total. The highest BCUT2D eigenvalue weighted by Gasteiger charge is 2.06. The van der Waals surface area contributed by atoms with E-state index in [2.05, 4.69) is 30.2 Å². The van der Waals surface area contributed by atoms with Crippen molar-refractivity contribution >= 4 is 28.5 Å². The minimum Gasteiger partial charge on any atom is -0.363 e. The van der Waals surface area contributed by atoms with Gasteiger partial charge in [-0.3, -0.25) is 0 Å². The van der Waals surface area contributed by atoms with Gasteiger partial charge in [-0.1, -0.05) is 0 Å². The Balaban J connectivity index is 1.81. The van der Waals surface area contributed by atoms with Crippen LogP contribution in [0.15, 0.2) is 31.0 Å². The van der Waals surface area contributed by atoms with E-state index in [1.54, 1.807) is 12.4 Å². The standard InChI is InChI=1S/C12H8ClFN6/c13-12-18-5-9(14)11(20-12)17-3-7-1-8-4-15-6-19-10(8)16-2-7/h1-2,4-6H,3H2,(H,17,18,20). The maximum absolute atomic E-state index is 13.4. The van der Waals surface area contributed by atoms with Gasteiger partial charge in [-0.2, -0.15) is 4.98 Å². The summed E-state index contributed by atoms with van der Waals surface area (Å²) in [4.78, 5) is 19.5. The Kier molecular flexibility index (Phi) is 3.34. The highest BCUT2D eigenvalue weighted by atomic mass is 35.5. The third kappa shape index (κ3) is 2.62. The molecule has 0 aliphatic carbocycles. The predicted molar refractivity (Wildman–Crippen MR) is 71.7 cm³/mol. The molecule has 100 valence electrons. The number of nitrogens with one attached hydrogen (secondary N) is 1. The first kappa shape index (κ1) is 12.6. The van der Waals surface area contributed by atoms with E-state index in [0.717, 1.165) is 17.1 Å². The summed E-state index contributed by atoms with van der Waals surface area (Å²) in [6, 6.07) is 1.87. The van der Waals surface area contributed by atoms with Crippen LogP contribution < -0.4 is 5.32 Å². The molecule has 0 fully saturated rings. The van der Waals surface area contributed by atoms with Crippen LogP contribution in [0.2, 0.25) is 5.28 Å². The summed E-state index contributed by atoms with van der Waals surface area (Å²) in [5.74, 6) is -0.513. The van der Waals surface area contributed by atoms with Gasteiger partial charge < -0.3 is 5.32 Å². The lowest BCUT2D eigenvalue weighted by Crippen LogP contribution is -2.05. The Bertz CT molecular complexity index is 766. The maximum atomic E-state index is 13.4. The topological polar surface area (TPSA) is 76.5 Å². The molecule has 3 heterocycles. The van der Waals surface area contributed by atoms with E-state index in [-0.39, 0.29) is 11.1 Å². The van der Waals surface area contributed by atoms with E-state index in [9.17, 15) is 4.39 Å². The minimum atomic E-state index is -0.563. The summed E-state index contributed by atoms with van der Waals surface area (Å²) in [7, 11) is 0. The summed E-state index contributed by atoms with van der Waals surface area (Å²) in [5.41, 5.74) is 1.46. The molecule has 8 heteroatoms. The van der Waals surface area contributed by atoms with Gasteiger partial charge in [0, 0.05) is 24.3 Å². The van der Waals surface area contributed by atoms with Crippen molar-refractivity contribution in [1.82, 2.24) is 24.9 Å². The number of anilines is 1. The van der Waals surface area contributed by atoms with E-state index in [4.69, 9.17) is 11.6 Å². The molecule has 0 radical (unpaired) electrons. The van der Waals surface area contributed by atoms with Crippen LogP contribution in [0.5, 0.6) is 0 Å². The first-order chi connectivity index (χ1) is 9.72. The summed E-state index contributed by atoms with van der Waals surface area (Å²) in [6.07, 6.45) is 5.78. The van der Waals surface area contributed by atoms with Crippen molar-refractivity contribution in [3.8, 4) is 0 Å². The molecule has 3 aromatic heterocycles. The normalized spacial score (nSPS) is 10.7. The van der Waals surface area contributed by atoms with Crippen LogP contribution in [0.4, 0.5) is 10.2 Å². The van der Waals surface area contributed by atoms with Gasteiger partial charge in [-0.05, 0) is 23.2 Å². The number of pyridine rings is 1. The number of rotatable bonds is 3. The molecule has 0 amide bonds. The molecule has 0 aliphatic heterocycles. The Morgan fingerprint density at radius 1 is 1.15 bits per heavy atom. The molecular weight excluding hydrogens is 283 g/mol. The molecule has 3 rings (SSSR count). The fourth-order valence-corrected chi connectivity index (χ4v) is 1.81. The van der Waals surface area contributed by atoms with Gasteiger partial charge in [0.1, 0.15) is 6.33 Å². The molecule has 0 aromatic carbocycles. The zero-order valence-electron chi connectivity index (χ0n) is 10.1. The molecule has 6 nitrogen and oxygen atoms in total. The molecule has 0 saturated carbocycles. The lowest BCUT2D eigenvalue weighted by atomic mass is 10.2. The van der Waals surface area contributed by atoms with Crippen molar-refractivity contribution in [3.05, 3.63) is 47.6 Å². The lowest BCUT2D eigenvalue weighted by molar-refractivity contribution is 0.616. The second kappa shape index (κ2) is 5.30. The third-order valence-corrected chi connectivity index (χ3v) is 2.77. The van der Waals surface area contributed by atoms with E-state index in [0.29, 0.717) is 12.2 Å². The largest absolute Gasteiger partial charge is 0.363 e. The van der Waals surface area contributed by atoms with Gasteiger partial charge >= 0.3 is 0 Å². The van der Waals surface area contributed by atoms with Crippen LogP contribution in [-0.4, -0.2) is 24.9 Å². The smallest absolute Gasteiger partial charge is 0.224 e. The highest BCUT2D eigenvalue weighted by Crippen LogP contribution is 2.14. The SMILES string of the molecule is Fc1cnc(Cl)nc1NCc1cnc2ncncc2c1. The average molecular weight is 291 g/mol. The van der Waals surface area contributed by atoms with Gasteiger partial charge in [0.15, 0.2) is 17.3 Å². The van der Waals surface area contributed by atoms with Gasteiger partial charge in [0.2, 0.25) is 5.28 Å². The predicted octanol–water partition coefficient (Wildman–Crippen LogP) is 2.22. The monoisotopic (exact) mass is 290 g/mol. The molecule has 0 bridgehead atoms. The Morgan fingerprint density at radius 2 is 2.05 bits per heavy atom. The summed E-state index contributed by atoms with van der Waals surface area (Å²) in [6.45, 7) is 0.349. The maximum Gasteiger partial charge on any atom is 0.224 e. The summed E-state index contributed by atoms with van der Waals surface area (Å²) >= 11 is 5.62. The Hall–Kier alpha value is -2.41. The van der Waals surface area contributed by atoms with Gasteiger partial charge in [-0.25, -0.2) is 24.3 Å². The number of aromatic nitrogens is 5. The van der Waals surface area contributed by atoms with E-state index < -0.39 is 5.82 Å². The van der Waals surface area contributed by atoms with Crippen molar-refractivity contribution in [2.75, 3.05) is 5.32 Å². The summed E-state index contributed by atoms with van der Waals surface area (Å²) in [5, 5.41) is 3.64. The van der Waals surface area contributed by atoms with Crippen molar-refractivity contribution < 1.29 is 4.39 Å². The van der Waals surface area contributed by atoms with Crippen molar-refractivity contribution in [2.45, 2.75) is 6.54 Å². The number of nitrogens with zero attached hydrogens (tertiary/aromatic N) is 5. The van der Waals surface area contributed by atoms with E-state index in [1.807, 2.05) is 6.07 Å². The molecule has 0 unspecified atom stereocenters. The Labute approximate surface area is 118 Å². The van der Waals surface area contributed by atoms with Crippen LogP contribution in [0.3, 0.4) is 0 Å². The fraction of sp³-hybridized carbons (Fsp3) is 0.0833. The number of hydrogen-bond acceptors (Lipinski definition) is 6. The van der Waals surface area contributed by atoms with Gasteiger partial charge in [0.25, 0.3) is 0 Å². The van der Waals surface area contributed by atoms with Crippen LogP contribution in [-0.2, 0) is 6.54 Å². The van der Waals surface area contributed by atoms with E-state index in [1.165, 1.54) is 6.33 Å². The molecule has 20 heavy (non-hydrogen) atoms. The van der Waals surface area contributed by atoms with Crippen molar-refractivity contribution in [1.29, 1.82) is 0 Å². The van der Waals surface area contributed by atoms with Gasteiger partial charge in [-0.15, -0.1) is 0 Å². The Morgan fingerprint density at radius 3 is 2.95 bits per heavy atom. The van der Waals surface area contributed by atoms with Gasteiger partial charge in [0.05, 0.1) is 6.20 Å². The van der Waals surface area contributed by atoms with Crippen LogP contribution in [0, 0.1) is 5.82 Å². The second-order valence-electron chi connectivity index (χ2n) is 3.97. The number of fused-ring (bicyclic) bond motifs is 1. The highest BCUT2D eigenvalue weighted by molar-refractivity contribution is 6.28. The molecule has 0 atom stereocenters. The third-order valence-electron chi connectivity index (χ3n) is 2.59. The quantitative estimate of drug-likeness (QED) is 0.745. The molecular formula is C12H8ClFN6. The second-order valence-corrected chi connectivity index (χ2v) is 4.31. The molecule has 0 saturated heterocycles. The molecule has 0 spiro atoms. The molecule has 3 aromatic rings. The zero-order chi connectivity index (χ0) is 13.9. The van der Waals surface area contributed by atoms with Crippen LogP contribution in [0.25, 0.3) is 11.0 Å². The minimum absolute atomic E-state index is 0.0149. The van der Waals surface area contributed by atoms with Crippen molar-refractivity contribution in [2.24, 2.45) is 0 Å². The van der Waals surface area contributed by atoms with Crippen LogP contribution in [0.1, 0.15) is 5.56 Å². The first-order valence-corrected chi connectivity index (χ1v) is 6.07. The first-order valence-electron chi connectivity index (χ1n) is 5.69. The molecule has 0 aliphatic rings. The summed E-state index contributed by atoms with van der Waals surface area (Å²) < 4.78 is 13.4. The van der Waals surface area contributed by atoms with E-state index >= 15 is 0 Å². The number of halogens is 2. The van der Waals surface area contributed by atoms with Crippen molar-refractivity contribution in [3.63, 3.8) is 0 Å². The van der Waals surface area contributed by atoms with Crippen LogP contribution >= 0.6 is 11.6 Å².